The molecular weight excluding hydrogens is 222 g/mol. The molecule has 0 amide bonds. The van der Waals surface area contributed by atoms with Crippen molar-refractivity contribution >= 4 is 23.4 Å². The molecule has 0 aliphatic carbocycles. The van der Waals surface area contributed by atoms with Gasteiger partial charge in [-0.1, -0.05) is 12.0 Å². The number of benzene rings is 1. The molecule has 0 bridgehead atoms. The van der Waals surface area contributed by atoms with Gasteiger partial charge in [-0.3, -0.25) is 0 Å². The minimum absolute atomic E-state index is 0.313. The maximum absolute atomic E-state index is 11.1. The first-order valence-electron chi connectivity index (χ1n) is 4.74. The lowest BCUT2D eigenvalue weighted by Crippen LogP contribution is -2.07. The third-order valence-corrected chi connectivity index (χ3v) is 2.78. The number of hydrogen-bond donors (Lipinski definition) is 2. The predicted octanol–water partition coefficient (Wildman–Crippen LogP) is 2.54. The van der Waals surface area contributed by atoms with Gasteiger partial charge >= 0.3 is 5.97 Å². The number of thioether (sulfide) groups is 1. The minimum atomic E-state index is -0.920. The molecule has 0 spiro atoms. The van der Waals surface area contributed by atoms with Crippen LogP contribution in [0.5, 0.6) is 0 Å². The Labute approximate surface area is 99.2 Å². The van der Waals surface area contributed by atoms with Crippen LogP contribution in [0.1, 0.15) is 17.3 Å². The molecule has 2 N–H and O–H groups in total. The molecule has 0 aliphatic heterocycles. The van der Waals surface area contributed by atoms with E-state index in [-0.39, 0.29) is 0 Å². The molecule has 0 fully saturated rings. The second kappa shape index (κ2) is 6.09. The third kappa shape index (κ3) is 2.94. The molecule has 16 heavy (non-hydrogen) atoms. The van der Waals surface area contributed by atoms with Gasteiger partial charge < -0.3 is 10.4 Å². The molecule has 4 heteroatoms. The zero-order chi connectivity index (χ0) is 12.0. The van der Waals surface area contributed by atoms with E-state index < -0.39 is 5.97 Å². The first-order valence-corrected chi connectivity index (χ1v) is 5.97. The van der Waals surface area contributed by atoms with Crippen molar-refractivity contribution in [1.29, 1.82) is 0 Å². The van der Waals surface area contributed by atoms with E-state index in [1.165, 1.54) is 11.8 Å². The summed E-state index contributed by atoms with van der Waals surface area (Å²) in [6.07, 6.45) is 1.86. The Morgan fingerprint density at radius 3 is 2.88 bits per heavy atom. The zero-order valence-corrected chi connectivity index (χ0v) is 10.0. The Balaban J connectivity index is 3.05. The molecule has 3 nitrogen and oxygen atoms in total. The van der Waals surface area contributed by atoms with Crippen LogP contribution in [0, 0.1) is 11.8 Å². The van der Waals surface area contributed by atoms with Crippen molar-refractivity contribution < 1.29 is 9.90 Å². The van der Waals surface area contributed by atoms with E-state index in [1.54, 1.807) is 19.1 Å². The molecular formula is C12H13NO2S. The van der Waals surface area contributed by atoms with E-state index in [9.17, 15) is 4.79 Å². The Hall–Kier alpha value is -1.60. The average Bonchev–Trinajstić information content (AvgIpc) is 2.28. The van der Waals surface area contributed by atoms with E-state index >= 15 is 0 Å². The van der Waals surface area contributed by atoms with Crippen molar-refractivity contribution in [3.63, 3.8) is 0 Å². The second-order valence-electron chi connectivity index (χ2n) is 2.97. The van der Waals surface area contributed by atoms with Gasteiger partial charge in [0.25, 0.3) is 0 Å². The number of carbonyl (C=O) groups is 1. The molecule has 1 rings (SSSR count). The van der Waals surface area contributed by atoms with Crippen LogP contribution in [0.2, 0.25) is 0 Å². The molecule has 0 saturated carbocycles. The van der Waals surface area contributed by atoms with Gasteiger partial charge in [-0.15, -0.1) is 17.7 Å². The summed E-state index contributed by atoms with van der Waals surface area (Å²) in [5.74, 6) is 4.67. The highest BCUT2D eigenvalue weighted by Crippen LogP contribution is 2.26. The number of carboxylic acid groups (broad SMARTS) is 1. The normalized spacial score (nSPS) is 9.12. The molecule has 84 valence electrons. The molecule has 0 aromatic heterocycles. The highest BCUT2D eigenvalue weighted by Gasteiger charge is 2.14. The topological polar surface area (TPSA) is 49.3 Å². The van der Waals surface area contributed by atoms with Gasteiger partial charge in [-0.2, -0.15) is 0 Å². The monoisotopic (exact) mass is 235 g/mol. The van der Waals surface area contributed by atoms with Crippen molar-refractivity contribution in [2.24, 2.45) is 0 Å². The molecule has 0 saturated heterocycles. The number of nitrogens with one attached hydrogen (secondary N) is 1. The van der Waals surface area contributed by atoms with Crippen LogP contribution >= 0.6 is 11.8 Å². The van der Waals surface area contributed by atoms with E-state index in [1.807, 2.05) is 12.3 Å². The van der Waals surface area contributed by atoms with Crippen LogP contribution in [0.3, 0.4) is 0 Å². The average molecular weight is 235 g/mol. The predicted molar refractivity (Wildman–Crippen MR) is 67.1 cm³/mol. The number of aromatic carboxylic acids is 1. The maximum atomic E-state index is 11.1. The second-order valence-corrected chi connectivity index (χ2v) is 3.82. The molecule has 0 unspecified atom stereocenters. The van der Waals surface area contributed by atoms with E-state index in [0.29, 0.717) is 17.8 Å². The summed E-state index contributed by atoms with van der Waals surface area (Å²) in [5, 5.41) is 12.1. The molecule has 0 radical (unpaired) electrons. The van der Waals surface area contributed by atoms with Crippen LogP contribution in [-0.2, 0) is 0 Å². The molecule has 1 aromatic carbocycles. The van der Waals surface area contributed by atoms with Crippen LogP contribution in [0.15, 0.2) is 23.1 Å². The van der Waals surface area contributed by atoms with Gasteiger partial charge in [-0.05, 0) is 25.3 Å². The lowest BCUT2D eigenvalue weighted by atomic mass is 10.2. The summed E-state index contributed by atoms with van der Waals surface area (Å²) in [6.45, 7) is 2.20. The van der Waals surface area contributed by atoms with Gasteiger partial charge in [-0.25, -0.2) is 4.79 Å². The van der Waals surface area contributed by atoms with Gasteiger partial charge in [0.1, 0.15) is 0 Å². The Bertz CT molecular complexity index is 446. The van der Waals surface area contributed by atoms with E-state index in [2.05, 4.69) is 17.2 Å². The summed E-state index contributed by atoms with van der Waals surface area (Å²) < 4.78 is 0. The Kier molecular flexibility index (Phi) is 4.74. The van der Waals surface area contributed by atoms with Gasteiger partial charge in [0.15, 0.2) is 0 Å². The summed E-state index contributed by atoms with van der Waals surface area (Å²) in [6, 6.07) is 5.38. The van der Waals surface area contributed by atoms with Crippen molar-refractivity contribution in [1.82, 2.24) is 0 Å². The summed E-state index contributed by atoms with van der Waals surface area (Å²) in [5.41, 5.74) is 0.926. The lowest BCUT2D eigenvalue weighted by molar-refractivity contribution is 0.0694. The zero-order valence-electron chi connectivity index (χ0n) is 9.20. The maximum Gasteiger partial charge on any atom is 0.338 e. The number of anilines is 1. The van der Waals surface area contributed by atoms with E-state index in [4.69, 9.17) is 5.11 Å². The highest BCUT2D eigenvalue weighted by atomic mass is 32.2. The molecule has 1 aromatic rings. The quantitative estimate of drug-likeness (QED) is 0.622. The number of hydrogen-bond acceptors (Lipinski definition) is 3. The largest absolute Gasteiger partial charge is 0.478 e. The third-order valence-electron chi connectivity index (χ3n) is 2.00. The van der Waals surface area contributed by atoms with Gasteiger partial charge in [0, 0.05) is 4.90 Å². The van der Waals surface area contributed by atoms with Crippen LogP contribution < -0.4 is 5.32 Å². The first-order chi connectivity index (χ1) is 7.70. The highest BCUT2D eigenvalue weighted by molar-refractivity contribution is 7.98. The number of rotatable bonds is 4. The van der Waals surface area contributed by atoms with Crippen molar-refractivity contribution in [3.05, 3.63) is 23.8 Å². The molecule has 0 aliphatic rings. The summed E-state index contributed by atoms with van der Waals surface area (Å²) >= 11 is 1.42. The number of carboxylic acids is 1. The SMILES string of the molecule is CC#CCNc1cccc(SC)c1C(=O)O. The minimum Gasteiger partial charge on any atom is -0.478 e. The molecule has 0 atom stereocenters. The lowest BCUT2D eigenvalue weighted by Gasteiger charge is -2.10. The van der Waals surface area contributed by atoms with E-state index in [0.717, 1.165) is 4.90 Å². The van der Waals surface area contributed by atoms with Crippen LogP contribution in [0.4, 0.5) is 5.69 Å². The van der Waals surface area contributed by atoms with Gasteiger partial charge in [0.2, 0.25) is 0 Å². The fourth-order valence-electron chi connectivity index (χ4n) is 1.30. The summed E-state index contributed by atoms with van der Waals surface area (Å²) in [7, 11) is 0. The van der Waals surface area contributed by atoms with Gasteiger partial charge in [0.05, 0.1) is 17.8 Å². The Morgan fingerprint density at radius 2 is 2.31 bits per heavy atom. The van der Waals surface area contributed by atoms with Crippen molar-refractivity contribution in [3.8, 4) is 11.8 Å². The summed E-state index contributed by atoms with van der Waals surface area (Å²) in [4.78, 5) is 11.9. The fraction of sp³-hybridized carbons (Fsp3) is 0.250. The molecule has 0 heterocycles. The fourth-order valence-corrected chi connectivity index (χ4v) is 1.91. The standard InChI is InChI=1S/C12H13NO2S/c1-3-4-8-13-9-6-5-7-10(16-2)11(9)12(14)15/h5-7,13H,8H2,1-2H3,(H,14,15). The van der Waals surface area contributed by atoms with Crippen molar-refractivity contribution in [2.45, 2.75) is 11.8 Å². The first kappa shape index (κ1) is 12.5. The Morgan fingerprint density at radius 1 is 1.56 bits per heavy atom. The van der Waals surface area contributed by atoms with Crippen LogP contribution in [0.25, 0.3) is 0 Å². The van der Waals surface area contributed by atoms with Crippen molar-refractivity contribution in [2.75, 3.05) is 18.1 Å². The van der Waals surface area contributed by atoms with Crippen LogP contribution in [-0.4, -0.2) is 23.9 Å². The smallest absolute Gasteiger partial charge is 0.338 e.